The van der Waals surface area contributed by atoms with Gasteiger partial charge in [-0.3, -0.25) is 4.79 Å². The van der Waals surface area contributed by atoms with Gasteiger partial charge in [0.25, 0.3) is 0 Å². The molecule has 3 N–H and O–H groups in total. The number of carbonyl (C=O) groups excluding carboxylic acids is 1. The van der Waals surface area contributed by atoms with Gasteiger partial charge in [0.2, 0.25) is 5.91 Å². The molecule has 0 aromatic rings. The molecule has 0 atom stereocenters. The zero-order valence-corrected chi connectivity index (χ0v) is 8.34. The predicted octanol–water partition coefficient (Wildman–Crippen LogP) is 0.268. The maximum Gasteiger partial charge on any atom is 0.245 e. The molecule has 13 heavy (non-hydrogen) atoms. The summed E-state index contributed by atoms with van der Waals surface area (Å²) in [5, 5.41) is 2.77. The van der Waals surface area contributed by atoms with Crippen molar-refractivity contribution in [1.82, 2.24) is 5.32 Å². The van der Waals surface area contributed by atoms with Crippen LogP contribution < -0.4 is 11.1 Å². The summed E-state index contributed by atoms with van der Waals surface area (Å²) in [6.45, 7) is 3.92. The lowest BCUT2D eigenvalue weighted by atomic mass is 10.2. The van der Waals surface area contributed by atoms with Gasteiger partial charge < -0.3 is 15.8 Å². The van der Waals surface area contributed by atoms with Crippen LogP contribution in [-0.4, -0.2) is 32.2 Å². The molecular formula is C9H20N2O2. The fraction of sp³-hybridized carbons (Fsp3) is 0.889. The first kappa shape index (κ1) is 12.4. The van der Waals surface area contributed by atoms with Crippen LogP contribution in [0.15, 0.2) is 0 Å². The minimum atomic E-state index is -0.0513. The van der Waals surface area contributed by atoms with Crippen molar-refractivity contribution >= 4 is 5.91 Å². The van der Waals surface area contributed by atoms with E-state index in [1.807, 2.05) is 0 Å². The Balaban J connectivity index is 3.11. The van der Waals surface area contributed by atoms with Crippen molar-refractivity contribution in [1.29, 1.82) is 0 Å². The minimum Gasteiger partial charge on any atom is -0.370 e. The molecule has 0 saturated carbocycles. The topological polar surface area (TPSA) is 64.3 Å². The highest BCUT2D eigenvalue weighted by molar-refractivity contribution is 5.77. The van der Waals surface area contributed by atoms with E-state index in [1.54, 1.807) is 0 Å². The molecule has 0 heterocycles. The lowest BCUT2D eigenvalue weighted by Gasteiger charge is -2.04. The van der Waals surface area contributed by atoms with Crippen LogP contribution in [0, 0.1) is 0 Å². The normalized spacial score (nSPS) is 10.0. The third-order valence-corrected chi connectivity index (χ3v) is 1.60. The summed E-state index contributed by atoms with van der Waals surface area (Å²) in [5.74, 6) is -0.0513. The summed E-state index contributed by atoms with van der Waals surface area (Å²) in [7, 11) is 0. The van der Waals surface area contributed by atoms with Gasteiger partial charge in [0, 0.05) is 13.1 Å². The van der Waals surface area contributed by atoms with Crippen LogP contribution in [0.5, 0.6) is 0 Å². The molecule has 4 nitrogen and oxygen atoms in total. The SMILES string of the molecule is CCCCCNC(=O)COCCN. The molecule has 0 unspecified atom stereocenters. The second-order valence-corrected chi connectivity index (χ2v) is 2.90. The molecule has 1 amide bonds. The molecule has 0 aliphatic heterocycles. The molecule has 78 valence electrons. The standard InChI is InChI=1S/C9H20N2O2/c1-2-3-4-6-11-9(12)8-13-7-5-10/h2-8,10H2,1H3,(H,11,12). The first-order valence-corrected chi connectivity index (χ1v) is 4.85. The van der Waals surface area contributed by atoms with Gasteiger partial charge in [0.15, 0.2) is 0 Å². The largest absolute Gasteiger partial charge is 0.370 e. The van der Waals surface area contributed by atoms with Crippen LogP contribution in [0.1, 0.15) is 26.2 Å². The van der Waals surface area contributed by atoms with Crippen LogP contribution in [0.4, 0.5) is 0 Å². The number of unbranched alkanes of at least 4 members (excludes halogenated alkanes) is 2. The zero-order chi connectivity index (χ0) is 9.94. The fourth-order valence-electron chi connectivity index (χ4n) is 0.902. The Labute approximate surface area is 79.8 Å². The Morgan fingerprint density at radius 1 is 1.46 bits per heavy atom. The highest BCUT2D eigenvalue weighted by atomic mass is 16.5. The number of ether oxygens (including phenoxy) is 1. The summed E-state index contributed by atoms with van der Waals surface area (Å²) in [6.07, 6.45) is 3.36. The third kappa shape index (κ3) is 9.30. The molecule has 0 saturated heterocycles. The van der Waals surface area contributed by atoms with Crippen molar-refractivity contribution in [3.63, 3.8) is 0 Å². The van der Waals surface area contributed by atoms with Crippen LogP contribution >= 0.6 is 0 Å². The predicted molar refractivity (Wildman–Crippen MR) is 52.4 cm³/mol. The number of carbonyl (C=O) groups is 1. The Bertz CT molecular complexity index is 129. The average Bonchev–Trinajstić information content (AvgIpc) is 2.13. The van der Waals surface area contributed by atoms with E-state index in [-0.39, 0.29) is 12.5 Å². The molecule has 4 heteroatoms. The number of hydrogen-bond donors (Lipinski definition) is 2. The number of rotatable bonds is 8. The van der Waals surface area contributed by atoms with E-state index in [0.29, 0.717) is 13.2 Å². The summed E-state index contributed by atoms with van der Waals surface area (Å²) >= 11 is 0. The quantitative estimate of drug-likeness (QED) is 0.537. The fourth-order valence-corrected chi connectivity index (χ4v) is 0.902. The van der Waals surface area contributed by atoms with Crippen molar-refractivity contribution in [3.8, 4) is 0 Å². The van der Waals surface area contributed by atoms with E-state index in [1.165, 1.54) is 6.42 Å². The average molecular weight is 188 g/mol. The lowest BCUT2D eigenvalue weighted by molar-refractivity contribution is -0.125. The number of hydrogen-bond acceptors (Lipinski definition) is 3. The van der Waals surface area contributed by atoms with E-state index in [2.05, 4.69) is 12.2 Å². The molecule has 0 bridgehead atoms. The van der Waals surface area contributed by atoms with Crippen LogP contribution in [0.25, 0.3) is 0 Å². The smallest absolute Gasteiger partial charge is 0.245 e. The summed E-state index contributed by atoms with van der Waals surface area (Å²) in [4.78, 5) is 11.0. The lowest BCUT2D eigenvalue weighted by Crippen LogP contribution is -2.29. The van der Waals surface area contributed by atoms with E-state index in [9.17, 15) is 4.79 Å². The van der Waals surface area contributed by atoms with Crippen molar-refractivity contribution in [2.75, 3.05) is 26.3 Å². The first-order valence-electron chi connectivity index (χ1n) is 4.85. The first-order chi connectivity index (χ1) is 6.31. The highest BCUT2D eigenvalue weighted by Gasteiger charge is 1.98. The van der Waals surface area contributed by atoms with Gasteiger partial charge in [-0.25, -0.2) is 0 Å². The van der Waals surface area contributed by atoms with Gasteiger partial charge in [-0.1, -0.05) is 19.8 Å². The maximum absolute atomic E-state index is 11.0. The molecule has 0 fully saturated rings. The van der Waals surface area contributed by atoms with Gasteiger partial charge >= 0.3 is 0 Å². The molecule has 0 aromatic heterocycles. The van der Waals surface area contributed by atoms with Gasteiger partial charge in [-0.15, -0.1) is 0 Å². The second-order valence-electron chi connectivity index (χ2n) is 2.90. The van der Waals surface area contributed by atoms with E-state index in [4.69, 9.17) is 10.5 Å². The van der Waals surface area contributed by atoms with Crippen molar-refractivity contribution in [2.24, 2.45) is 5.73 Å². The summed E-state index contributed by atoms with van der Waals surface area (Å²) < 4.78 is 4.96. The van der Waals surface area contributed by atoms with Crippen LogP contribution in [0.3, 0.4) is 0 Å². The minimum absolute atomic E-state index is 0.0513. The zero-order valence-electron chi connectivity index (χ0n) is 8.34. The van der Waals surface area contributed by atoms with Gasteiger partial charge in [-0.2, -0.15) is 0 Å². The number of nitrogens with two attached hydrogens (primary N) is 1. The number of nitrogens with one attached hydrogen (secondary N) is 1. The molecule has 0 aliphatic carbocycles. The van der Waals surface area contributed by atoms with Crippen molar-refractivity contribution in [3.05, 3.63) is 0 Å². The summed E-state index contributed by atoms with van der Waals surface area (Å²) in [5.41, 5.74) is 5.20. The number of amides is 1. The Kier molecular flexibility index (Phi) is 9.03. The second kappa shape index (κ2) is 9.48. The van der Waals surface area contributed by atoms with Gasteiger partial charge in [0.05, 0.1) is 6.61 Å². The van der Waals surface area contributed by atoms with Crippen molar-refractivity contribution < 1.29 is 9.53 Å². The van der Waals surface area contributed by atoms with Crippen molar-refractivity contribution in [2.45, 2.75) is 26.2 Å². The molecule has 0 spiro atoms. The van der Waals surface area contributed by atoms with Gasteiger partial charge in [0.1, 0.15) is 6.61 Å². The Morgan fingerprint density at radius 2 is 2.23 bits per heavy atom. The van der Waals surface area contributed by atoms with Crippen LogP contribution in [-0.2, 0) is 9.53 Å². The Hall–Kier alpha value is -0.610. The molecular weight excluding hydrogens is 168 g/mol. The van der Waals surface area contributed by atoms with Crippen LogP contribution in [0.2, 0.25) is 0 Å². The molecule has 0 aromatic carbocycles. The monoisotopic (exact) mass is 188 g/mol. The Morgan fingerprint density at radius 3 is 2.85 bits per heavy atom. The molecule has 0 aliphatic rings. The third-order valence-electron chi connectivity index (χ3n) is 1.60. The molecule has 0 radical (unpaired) electrons. The summed E-state index contributed by atoms with van der Waals surface area (Å²) in [6, 6.07) is 0. The maximum atomic E-state index is 11.0. The highest BCUT2D eigenvalue weighted by Crippen LogP contribution is 1.90. The van der Waals surface area contributed by atoms with E-state index >= 15 is 0 Å². The van der Waals surface area contributed by atoms with E-state index < -0.39 is 0 Å². The van der Waals surface area contributed by atoms with Gasteiger partial charge in [-0.05, 0) is 6.42 Å². The van der Waals surface area contributed by atoms with E-state index in [0.717, 1.165) is 19.4 Å². The molecule has 0 rings (SSSR count).